The predicted molar refractivity (Wildman–Crippen MR) is 176 cm³/mol. The van der Waals surface area contributed by atoms with Crippen molar-refractivity contribution in [3.8, 4) is 0 Å². The van der Waals surface area contributed by atoms with Crippen LogP contribution in [0.4, 0.5) is 0 Å². The van der Waals surface area contributed by atoms with Crippen molar-refractivity contribution in [3.63, 3.8) is 0 Å². The Morgan fingerprint density at radius 3 is 2.00 bits per heavy atom. The normalized spacial score (nSPS) is 22.7. The van der Waals surface area contributed by atoms with Gasteiger partial charge in [0.2, 0.25) is 0 Å². The van der Waals surface area contributed by atoms with Gasteiger partial charge in [-0.05, 0) is 90.0 Å². The zero-order chi connectivity index (χ0) is 31.1. The molecular formula is C37H66O6. The van der Waals surface area contributed by atoms with Crippen LogP contribution >= 0.6 is 0 Å². The highest BCUT2D eigenvalue weighted by Gasteiger charge is 2.30. The third-order valence-electron chi connectivity index (χ3n) is 9.24. The van der Waals surface area contributed by atoms with Crippen molar-refractivity contribution in [1.82, 2.24) is 0 Å². The molecule has 43 heavy (non-hydrogen) atoms. The first-order valence-electron chi connectivity index (χ1n) is 18.2. The number of allylic oxidation sites excluding steroid dienone is 2. The van der Waals surface area contributed by atoms with Gasteiger partial charge in [-0.2, -0.15) is 0 Å². The number of ether oxygens (including phenoxy) is 2. The first-order chi connectivity index (χ1) is 20.9. The molecule has 6 nitrogen and oxygen atoms in total. The summed E-state index contributed by atoms with van der Waals surface area (Å²) in [6.45, 7) is 4.13. The molecular weight excluding hydrogens is 540 g/mol. The van der Waals surface area contributed by atoms with E-state index in [0.29, 0.717) is 12.8 Å². The number of unbranched alkanes of at least 4 members (excludes halogenated alkanes) is 13. The number of aliphatic hydroxyl groups excluding tert-OH is 3. The summed E-state index contributed by atoms with van der Waals surface area (Å²) in [5.41, 5.74) is 0.836. The molecule has 0 aromatic rings. The van der Waals surface area contributed by atoms with Gasteiger partial charge in [0.05, 0.1) is 30.5 Å². The lowest BCUT2D eigenvalue weighted by Gasteiger charge is -2.20. The lowest BCUT2D eigenvalue weighted by molar-refractivity contribution is -0.139. The van der Waals surface area contributed by atoms with Crippen molar-refractivity contribution >= 4 is 5.97 Å². The number of aliphatic hydroxyl groups is 3. The van der Waals surface area contributed by atoms with Crippen molar-refractivity contribution in [2.75, 3.05) is 0 Å². The number of hydrogen-bond donors (Lipinski definition) is 3. The quantitative estimate of drug-likeness (QED) is 0.0492. The summed E-state index contributed by atoms with van der Waals surface area (Å²) in [4.78, 5) is 11.6. The smallest absolute Gasteiger partial charge is 0.334 e. The van der Waals surface area contributed by atoms with Crippen LogP contribution < -0.4 is 0 Å². The Balaban J connectivity index is 1.38. The molecule has 0 amide bonds. The van der Waals surface area contributed by atoms with Crippen molar-refractivity contribution in [3.05, 3.63) is 23.8 Å². The second-order valence-corrected chi connectivity index (χ2v) is 13.3. The molecule has 0 radical (unpaired) electrons. The minimum absolute atomic E-state index is 0.0407. The molecule has 0 aromatic heterocycles. The van der Waals surface area contributed by atoms with Crippen LogP contribution in [0.1, 0.15) is 168 Å². The average molecular weight is 607 g/mol. The molecule has 2 aliphatic rings. The number of carbonyl (C=O) groups is 1. The summed E-state index contributed by atoms with van der Waals surface area (Å²) in [7, 11) is 0. The number of cyclic esters (lactones) is 1. The van der Waals surface area contributed by atoms with Gasteiger partial charge in [-0.3, -0.25) is 0 Å². The largest absolute Gasteiger partial charge is 0.455 e. The summed E-state index contributed by atoms with van der Waals surface area (Å²) in [5.74, 6) is -0.146. The molecule has 0 spiro atoms. The van der Waals surface area contributed by atoms with Gasteiger partial charge in [0.25, 0.3) is 0 Å². The Morgan fingerprint density at radius 1 is 0.767 bits per heavy atom. The second-order valence-electron chi connectivity index (χ2n) is 13.3. The van der Waals surface area contributed by atoms with Gasteiger partial charge in [0, 0.05) is 5.57 Å². The summed E-state index contributed by atoms with van der Waals surface area (Å²) in [5, 5.41) is 31.4. The van der Waals surface area contributed by atoms with E-state index in [1.165, 1.54) is 64.2 Å². The van der Waals surface area contributed by atoms with Crippen LogP contribution in [-0.2, 0) is 14.3 Å². The van der Waals surface area contributed by atoms with E-state index < -0.39 is 12.2 Å². The first kappa shape index (κ1) is 38.0. The van der Waals surface area contributed by atoms with E-state index in [2.05, 4.69) is 19.1 Å². The molecule has 6 heteroatoms. The molecule has 2 rings (SSSR count). The highest BCUT2D eigenvalue weighted by atomic mass is 16.5. The van der Waals surface area contributed by atoms with E-state index in [0.717, 1.165) is 82.6 Å². The Bertz CT molecular complexity index is 764. The van der Waals surface area contributed by atoms with Crippen LogP contribution in [0.3, 0.4) is 0 Å². The Hall–Kier alpha value is -1.21. The first-order valence-corrected chi connectivity index (χ1v) is 18.2. The standard InChI is InChI=1S/C37H66O6/c1-3-4-5-6-7-8-9-10-13-17-20-25-35(40)36-28-27-32(43-36)23-21-26-34(39)33(38)24-19-16-14-11-12-15-18-22-31-29-30(2)42-37(31)41/h6-7,29-30,32-36,38-40H,3-5,8-28H2,1-2H3/b7-6-/t30?,32-,33-,34-,35+,36+/m1/s1. The monoisotopic (exact) mass is 606 g/mol. The fourth-order valence-electron chi connectivity index (χ4n) is 6.43. The molecule has 1 unspecified atom stereocenters. The van der Waals surface area contributed by atoms with E-state index >= 15 is 0 Å². The lowest BCUT2D eigenvalue weighted by Crippen LogP contribution is -2.27. The molecule has 0 aromatic carbocycles. The highest BCUT2D eigenvalue weighted by Crippen LogP contribution is 2.28. The van der Waals surface area contributed by atoms with Crippen LogP contribution in [0.2, 0.25) is 0 Å². The zero-order valence-corrected chi connectivity index (χ0v) is 27.7. The number of hydrogen-bond acceptors (Lipinski definition) is 6. The van der Waals surface area contributed by atoms with E-state index in [9.17, 15) is 20.1 Å². The van der Waals surface area contributed by atoms with Gasteiger partial charge in [-0.1, -0.05) is 96.1 Å². The van der Waals surface area contributed by atoms with E-state index in [4.69, 9.17) is 9.47 Å². The van der Waals surface area contributed by atoms with Gasteiger partial charge in [-0.25, -0.2) is 4.79 Å². The van der Waals surface area contributed by atoms with Crippen LogP contribution in [0.25, 0.3) is 0 Å². The van der Waals surface area contributed by atoms with Crippen molar-refractivity contribution < 1.29 is 29.6 Å². The van der Waals surface area contributed by atoms with E-state index in [-0.39, 0.29) is 30.4 Å². The Labute approximate surface area is 263 Å². The van der Waals surface area contributed by atoms with Gasteiger partial charge >= 0.3 is 5.97 Å². The Morgan fingerprint density at radius 2 is 1.35 bits per heavy atom. The van der Waals surface area contributed by atoms with Crippen LogP contribution in [0.15, 0.2) is 23.8 Å². The lowest BCUT2D eigenvalue weighted by atomic mass is 9.98. The molecule has 3 N–H and O–H groups in total. The van der Waals surface area contributed by atoms with Crippen LogP contribution in [-0.4, -0.2) is 57.9 Å². The van der Waals surface area contributed by atoms with Crippen molar-refractivity contribution in [1.29, 1.82) is 0 Å². The maximum Gasteiger partial charge on any atom is 0.334 e. The number of carbonyl (C=O) groups excluding carboxylic acids is 1. The number of rotatable bonds is 27. The summed E-state index contributed by atoms with van der Waals surface area (Å²) < 4.78 is 11.3. The molecule has 0 saturated carbocycles. The molecule has 2 heterocycles. The zero-order valence-electron chi connectivity index (χ0n) is 27.7. The van der Waals surface area contributed by atoms with E-state index in [1.807, 2.05) is 13.0 Å². The highest BCUT2D eigenvalue weighted by molar-refractivity contribution is 5.90. The maximum absolute atomic E-state index is 11.6. The van der Waals surface area contributed by atoms with Crippen LogP contribution in [0.5, 0.6) is 0 Å². The topological polar surface area (TPSA) is 96.2 Å². The third kappa shape index (κ3) is 17.8. The van der Waals surface area contributed by atoms with E-state index in [1.54, 1.807) is 0 Å². The number of esters is 1. The molecule has 1 saturated heterocycles. The van der Waals surface area contributed by atoms with Gasteiger partial charge < -0.3 is 24.8 Å². The minimum Gasteiger partial charge on any atom is -0.455 e. The SMILES string of the molecule is CCCC/C=C\CCCCCCC[C@H](O)[C@@H]1CC[C@@H](CCC[C@@H](O)[C@H](O)CCCCCCCCCC2=CC(C)OC2=O)O1. The molecule has 6 atom stereocenters. The van der Waals surface area contributed by atoms with Gasteiger partial charge in [0.15, 0.2) is 0 Å². The van der Waals surface area contributed by atoms with Crippen LogP contribution in [0, 0.1) is 0 Å². The maximum atomic E-state index is 11.6. The molecule has 0 bridgehead atoms. The summed E-state index contributed by atoms with van der Waals surface area (Å²) >= 11 is 0. The fraction of sp³-hybridized carbons (Fsp3) is 0.865. The van der Waals surface area contributed by atoms with Crippen molar-refractivity contribution in [2.45, 2.75) is 205 Å². The molecule has 0 aliphatic carbocycles. The average Bonchev–Trinajstić information content (AvgIpc) is 3.59. The van der Waals surface area contributed by atoms with Gasteiger partial charge in [0.1, 0.15) is 6.10 Å². The second kappa shape index (κ2) is 24.1. The Kier molecular flexibility index (Phi) is 21.3. The minimum atomic E-state index is -0.667. The molecule has 250 valence electrons. The third-order valence-corrected chi connectivity index (χ3v) is 9.24. The summed E-state index contributed by atoms with van der Waals surface area (Å²) in [6, 6.07) is 0. The fourth-order valence-corrected chi connectivity index (χ4v) is 6.43. The van der Waals surface area contributed by atoms with Gasteiger partial charge in [-0.15, -0.1) is 0 Å². The summed E-state index contributed by atoms with van der Waals surface area (Å²) in [6.07, 6.45) is 30.2. The van der Waals surface area contributed by atoms with Crippen molar-refractivity contribution in [2.24, 2.45) is 0 Å². The molecule has 2 aliphatic heterocycles. The molecule has 1 fully saturated rings. The predicted octanol–water partition coefficient (Wildman–Crippen LogP) is 8.65.